The highest BCUT2D eigenvalue weighted by Crippen LogP contribution is 2.38. The van der Waals surface area contributed by atoms with Gasteiger partial charge in [0.15, 0.2) is 0 Å². The number of phosphoric acid groups is 1. The standard InChI is InChI=1S/C60H106NO7P/c1-6-8-10-12-14-16-18-20-22-24-26-28-30-31-32-33-35-37-39-41-43-45-47-49-51-53-60(62)68-59(58-67-69(63,64)66-56-54-61(3,4)5)57-65-55-52-50-48-46-44-42-40-38-36-34-29-27-25-23-21-19-17-15-13-11-9-7-2/h8,10,14,16,19-22,25-28,31-32,34,36,59H,6-7,9,11-13,15,17-18,23-24,29-30,33,35,37-58H2,1-5H3/b10-8-,16-14-,21-19-,22-20-,27-25-,28-26-,32-31-,36-34-. The van der Waals surface area contributed by atoms with Crippen LogP contribution in [0.1, 0.15) is 219 Å². The van der Waals surface area contributed by atoms with Gasteiger partial charge in [0.2, 0.25) is 0 Å². The lowest BCUT2D eigenvalue weighted by Gasteiger charge is -2.28. The summed E-state index contributed by atoms with van der Waals surface area (Å²) in [6, 6.07) is 0. The lowest BCUT2D eigenvalue weighted by molar-refractivity contribution is -0.870. The summed E-state index contributed by atoms with van der Waals surface area (Å²) in [5.41, 5.74) is 0. The van der Waals surface area contributed by atoms with Crippen molar-refractivity contribution in [2.45, 2.75) is 225 Å². The average molecular weight is 984 g/mol. The molecule has 2 unspecified atom stereocenters. The molecule has 398 valence electrons. The maximum Gasteiger partial charge on any atom is 0.306 e. The first-order valence-corrected chi connectivity index (χ1v) is 29.4. The van der Waals surface area contributed by atoms with Gasteiger partial charge in [0.05, 0.1) is 34.4 Å². The smallest absolute Gasteiger partial charge is 0.306 e. The van der Waals surface area contributed by atoms with E-state index in [1.54, 1.807) is 0 Å². The molecule has 0 aliphatic rings. The Labute approximate surface area is 426 Å². The van der Waals surface area contributed by atoms with Crippen LogP contribution in [0.3, 0.4) is 0 Å². The van der Waals surface area contributed by atoms with E-state index in [1.165, 1.54) is 103 Å². The maximum atomic E-state index is 12.8. The molecule has 0 rings (SSSR count). The van der Waals surface area contributed by atoms with Gasteiger partial charge in [0, 0.05) is 13.0 Å². The van der Waals surface area contributed by atoms with Gasteiger partial charge in [-0.25, -0.2) is 0 Å². The van der Waals surface area contributed by atoms with E-state index in [0.717, 1.165) is 96.3 Å². The SMILES string of the molecule is CC/C=C\C/C=C\C/C=C\C/C=C\C/C=C\CCCCCCCCCCCC(=O)OC(COCCCCCCCCC/C=C\C/C=C\C/C=C\CCCCCCC)COP(=O)([O-])OCC[N+](C)(C)C. The highest BCUT2D eigenvalue weighted by Gasteiger charge is 2.20. The summed E-state index contributed by atoms with van der Waals surface area (Å²) >= 11 is 0. The van der Waals surface area contributed by atoms with Gasteiger partial charge in [-0.15, -0.1) is 0 Å². The van der Waals surface area contributed by atoms with Gasteiger partial charge in [-0.1, -0.05) is 214 Å². The molecule has 0 spiro atoms. The van der Waals surface area contributed by atoms with E-state index in [1.807, 2.05) is 21.1 Å². The Morgan fingerprint density at radius 2 is 0.841 bits per heavy atom. The van der Waals surface area contributed by atoms with Gasteiger partial charge in [-0.05, 0) is 96.3 Å². The van der Waals surface area contributed by atoms with Crippen LogP contribution >= 0.6 is 7.82 Å². The van der Waals surface area contributed by atoms with Crippen molar-refractivity contribution in [3.05, 3.63) is 97.2 Å². The number of esters is 1. The van der Waals surface area contributed by atoms with E-state index in [9.17, 15) is 14.3 Å². The van der Waals surface area contributed by atoms with Gasteiger partial charge >= 0.3 is 5.97 Å². The molecule has 9 heteroatoms. The first-order valence-electron chi connectivity index (χ1n) is 28.0. The topological polar surface area (TPSA) is 94.1 Å². The van der Waals surface area contributed by atoms with Crippen LogP contribution in [0.5, 0.6) is 0 Å². The number of carbonyl (C=O) groups is 1. The third-order valence-corrected chi connectivity index (χ3v) is 12.6. The zero-order valence-electron chi connectivity index (χ0n) is 45.2. The molecule has 8 nitrogen and oxygen atoms in total. The number of rotatable bonds is 51. The van der Waals surface area contributed by atoms with E-state index in [0.29, 0.717) is 24.1 Å². The molecule has 0 N–H and O–H groups in total. The molecule has 0 bridgehead atoms. The van der Waals surface area contributed by atoms with Crippen molar-refractivity contribution < 1.29 is 37.3 Å². The largest absolute Gasteiger partial charge is 0.756 e. The molecule has 0 aromatic carbocycles. The second-order valence-electron chi connectivity index (χ2n) is 19.6. The number of phosphoric ester groups is 1. The molecule has 69 heavy (non-hydrogen) atoms. The zero-order chi connectivity index (χ0) is 50.5. The lowest BCUT2D eigenvalue weighted by Crippen LogP contribution is -2.37. The molecule has 0 aromatic heterocycles. The number of quaternary nitrogens is 1. The number of nitrogens with zero attached hydrogens (tertiary/aromatic N) is 1. The van der Waals surface area contributed by atoms with Crippen molar-refractivity contribution in [1.29, 1.82) is 0 Å². The quantitative estimate of drug-likeness (QED) is 0.0197. The number of hydrogen-bond acceptors (Lipinski definition) is 7. The number of unbranched alkanes of at least 4 members (excludes halogenated alkanes) is 21. The van der Waals surface area contributed by atoms with E-state index >= 15 is 0 Å². The van der Waals surface area contributed by atoms with Crippen molar-refractivity contribution in [1.82, 2.24) is 0 Å². The Morgan fingerprint density at radius 3 is 1.26 bits per heavy atom. The predicted molar refractivity (Wildman–Crippen MR) is 295 cm³/mol. The summed E-state index contributed by atoms with van der Waals surface area (Å²) in [5.74, 6) is -0.347. The van der Waals surface area contributed by atoms with Gasteiger partial charge in [-0.2, -0.15) is 0 Å². The molecule has 0 radical (unpaired) electrons. The van der Waals surface area contributed by atoms with E-state index in [2.05, 4.69) is 111 Å². The molecule has 2 atom stereocenters. The first-order chi connectivity index (χ1) is 33.6. The maximum absolute atomic E-state index is 12.8. The molecule has 0 amide bonds. The summed E-state index contributed by atoms with van der Waals surface area (Å²) in [6.45, 7) is 5.25. The molecule has 0 saturated carbocycles. The van der Waals surface area contributed by atoms with Crippen molar-refractivity contribution in [3.8, 4) is 0 Å². The number of hydrogen-bond donors (Lipinski definition) is 0. The average Bonchev–Trinajstić information content (AvgIpc) is 3.31. The van der Waals surface area contributed by atoms with Crippen LogP contribution in [0.25, 0.3) is 0 Å². The second kappa shape index (κ2) is 51.8. The molecular formula is C60H106NO7P. The van der Waals surface area contributed by atoms with Crippen molar-refractivity contribution >= 4 is 13.8 Å². The minimum atomic E-state index is -4.55. The number of carbonyl (C=O) groups excluding carboxylic acids is 1. The molecule has 0 fully saturated rings. The van der Waals surface area contributed by atoms with Crippen molar-refractivity contribution in [3.63, 3.8) is 0 Å². The highest BCUT2D eigenvalue weighted by atomic mass is 31.2. The first kappa shape index (κ1) is 66.4. The predicted octanol–water partition coefficient (Wildman–Crippen LogP) is 17.1. The minimum Gasteiger partial charge on any atom is -0.756 e. The van der Waals surface area contributed by atoms with Crippen LogP contribution in [0.15, 0.2) is 97.2 Å². The molecule has 0 aliphatic heterocycles. The van der Waals surface area contributed by atoms with Crippen LogP contribution in [0, 0.1) is 0 Å². The molecule has 0 aromatic rings. The molecular weight excluding hydrogens is 878 g/mol. The number of ether oxygens (including phenoxy) is 2. The monoisotopic (exact) mass is 984 g/mol. The summed E-state index contributed by atoms with van der Waals surface area (Å²) in [7, 11) is 1.33. The van der Waals surface area contributed by atoms with Crippen LogP contribution in [0.2, 0.25) is 0 Å². The Bertz CT molecular complexity index is 1420. The van der Waals surface area contributed by atoms with Crippen LogP contribution in [-0.4, -0.2) is 70.7 Å². The normalized spacial score (nSPS) is 14.2. The van der Waals surface area contributed by atoms with Gasteiger partial charge in [0.25, 0.3) is 7.82 Å². The van der Waals surface area contributed by atoms with Crippen LogP contribution in [-0.2, 0) is 27.9 Å². The minimum absolute atomic E-state index is 0.0176. The number of allylic oxidation sites excluding steroid dienone is 16. The van der Waals surface area contributed by atoms with Gasteiger partial charge in [0.1, 0.15) is 19.3 Å². The third kappa shape index (κ3) is 56.2. The van der Waals surface area contributed by atoms with Gasteiger partial charge < -0.3 is 27.9 Å². The lowest BCUT2D eigenvalue weighted by atomic mass is 10.1. The summed E-state index contributed by atoms with van der Waals surface area (Å²) in [6.07, 6.45) is 71.5. The summed E-state index contributed by atoms with van der Waals surface area (Å²) < 4.78 is 34.8. The van der Waals surface area contributed by atoms with Gasteiger partial charge in [-0.3, -0.25) is 9.36 Å². The summed E-state index contributed by atoms with van der Waals surface area (Å²) in [4.78, 5) is 25.3. The van der Waals surface area contributed by atoms with Crippen LogP contribution in [0.4, 0.5) is 0 Å². The fraction of sp³-hybridized carbons (Fsp3) is 0.717. The van der Waals surface area contributed by atoms with E-state index in [4.69, 9.17) is 18.5 Å². The molecule has 0 saturated heterocycles. The Balaban J connectivity index is 4.16. The highest BCUT2D eigenvalue weighted by molar-refractivity contribution is 7.45. The fourth-order valence-corrected chi connectivity index (χ4v) is 8.07. The number of likely N-dealkylation sites (N-methyl/N-ethyl adjacent to an activating group) is 1. The Kier molecular flexibility index (Phi) is 49.8. The molecule has 0 heterocycles. The second-order valence-corrected chi connectivity index (χ2v) is 21.0. The zero-order valence-corrected chi connectivity index (χ0v) is 46.1. The fourth-order valence-electron chi connectivity index (χ4n) is 7.35. The van der Waals surface area contributed by atoms with Crippen LogP contribution < -0.4 is 4.89 Å². The van der Waals surface area contributed by atoms with E-state index in [-0.39, 0.29) is 25.8 Å². The molecule has 0 aliphatic carbocycles. The Morgan fingerprint density at radius 1 is 0.464 bits per heavy atom. The van der Waals surface area contributed by atoms with Crippen molar-refractivity contribution in [2.24, 2.45) is 0 Å². The Hall–Kier alpha value is -2.58. The van der Waals surface area contributed by atoms with Crippen molar-refractivity contribution in [2.75, 3.05) is 54.1 Å². The third-order valence-electron chi connectivity index (χ3n) is 11.6. The van der Waals surface area contributed by atoms with E-state index < -0.39 is 13.9 Å². The summed E-state index contributed by atoms with van der Waals surface area (Å²) in [5, 5.41) is 0.